The van der Waals surface area contributed by atoms with Crippen molar-refractivity contribution in [2.75, 3.05) is 12.8 Å². The van der Waals surface area contributed by atoms with Crippen LogP contribution in [0.2, 0.25) is 0 Å². The molecule has 0 aliphatic rings. The summed E-state index contributed by atoms with van der Waals surface area (Å²) in [7, 11) is -3.01. The van der Waals surface area contributed by atoms with E-state index in [1.165, 1.54) is 16.7 Å². The minimum atomic E-state index is -3.01. The van der Waals surface area contributed by atoms with Gasteiger partial charge in [-0.1, -0.05) is 0 Å². The molecule has 1 rings (SSSR count). The van der Waals surface area contributed by atoms with Crippen molar-refractivity contribution in [3.8, 4) is 0 Å². The molecular weight excluding hydrogens is 242 g/mol. The molecule has 0 saturated carbocycles. The number of thiophene rings is 1. The van der Waals surface area contributed by atoms with E-state index in [4.69, 9.17) is 0 Å². The highest BCUT2D eigenvalue weighted by Gasteiger charge is 2.29. The van der Waals surface area contributed by atoms with E-state index < -0.39 is 14.6 Å². The van der Waals surface area contributed by atoms with E-state index >= 15 is 0 Å². The maximum Gasteiger partial charge on any atom is 0.153 e. The molecule has 92 valence electrons. The Morgan fingerprint density at radius 2 is 2.06 bits per heavy atom. The van der Waals surface area contributed by atoms with E-state index in [1.807, 2.05) is 5.38 Å². The van der Waals surface area contributed by atoms with Crippen molar-refractivity contribution in [1.29, 1.82) is 0 Å². The predicted molar refractivity (Wildman–Crippen MR) is 69.7 cm³/mol. The Kier molecular flexibility index (Phi) is 4.15. The third-order valence-corrected chi connectivity index (χ3v) is 5.98. The molecule has 16 heavy (non-hydrogen) atoms. The molecule has 1 aromatic heterocycles. The molecule has 5 heteroatoms. The monoisotopic (exact) mass is 261 g/mol. The number of rotatable bonds is 5. The SMILES string of the molecule is Cc1ccsc1CNCC(C)(C)S(C)(=O)=O. The van der Waals surface area contributed by atoms with Crippen molar-refractivity contribution in [2.24, 2.45) is 0 Å². The molecule has 1 heterocycles. The minimum Gasteiger partial charge on any atom is -0.310 e. The normalized spacial score (nSPS) is 13.0. The second-order valence-corrected chi connectivity index (χ2v) is 8.31. The molecule has 0 aliphatic carbocycles. The molecule has 1 aromatic rings. The highest BCUT2D eigenvalue weighted by Crippen LogP contribution is 2.17. The van der Waals surface area contributed by atoms with Crippen molar-refractivity contribution in [2.45, 2.75) is 32.1 Å². The van der Waals surface area contributed by atoms with Crippen LogP contribution in [0.4, 0.5) is 0 Å². The van der Waals surface area contributed by atoms with Crippen LogP contribution < -0.4 is 5.32 Å². The molecule has 1 N–H and O–H groups in total. The van der Waals surface area contributed by atoms with Crippen LogP contribution in [0.1, 0.15) is 24.3 Å². The Labute approximate surface area is 102 Å². The smallest absolute Gasteiger partial charge is 0.153 e. The summed E-state index contributed by atoms with van der Waals surface area (Å²) >= 11 is 1.70. The number of nitrogens with one attached hydrogen (secondary N) is 1. The summed E-state index contributed by atoms with van der Waals surface area (Å²) in [6, 6.07) is 2.07. The van der Waals surface area contributed by atoms with E-state index in [2.05, 4.69) is 18.3 Å². The van der Waals surface area contributed by atoms with Gasteiger partial charge in [-0.3, -0.25) is 0 Å². The average Bonchev–Trinajstić information content (AvgIpc) is 2.49. The van der Waals surface area contributed by atoms with Gasteiger partial charge in [0.1, 0.15) is 0 Å². The van der Waals surface area contributed by atoms with Gasteiger partial charge in [-0.2, -0.15) is 0 Å². The van der Waals surface area contributed by atoms with Crippen LogP contribution in [0.3, 0.4) is 0 Å². The van der Waals surface area contributed by atoms with Crippen molar-refractivity contribution >= 4 is 21.2 Å². The Hall–Kier alpha value is -0.390. The van der Waals surface area contributed by atoms with Gasteiger partial charge < -0.3 is 5.32 Å². The van der Waals surface area contributed by atoms with Gasteiger partial charge in [0.2, 0.25) is 0 Å². The van der Waals surface area contributed by atoms with Crippen molar-refractivity contribution in [3.63, 3.8) is 0 Å². The predicted octanol–water partition coefficient (Wildman–Crippen LogP) is 1.97. The van der Waals surface area contributed by atoms with Gasteiger partial charge in [-0.15, -0.1) is 11.3 Å². The molecule has 0 amide bonds. The standard InChI is InChI=1S/C11H19NO2S2/c1-9-5-6-15-10(9)7-12-8-11(2,3)16(4,13)14/h5-6,12H,7-8H2,1-4H3. The molecule has 0 fully saturated rings. The molecule has 3 nitrogen and oxygen atoms in total. The maximum absolute atomic E-state index is 11.5. The molecule has 0 aliphatic heterocycles. The summed E-state index contributed by atoms with van der Waals surface area (Å²) < 4.78 is 22.2. The van der Waals surface area contributed by atoms with Crippen molar-refractivity contribution in [3.05, 3.63) is 21.9 Å². The summed E-state index contributed by atoms with van der Waals surface area (Å²) in [5.41, 5.74) is 1.26. The topological polar surface area (TPSA) is 46.2 Å². The van der Waals surface area contributed by atoms with Crippen LogP contribution in [-0.4, -0.2) is 26.0 Å². The molecule has 0 saturated heterocycles. The number of sulfone groups is 1. The van der Waals surface area contributed by atoms with Crippen LogP contribution in [0, 0.1) is 6.92 Å². The summed E-state index contributed by atoms with van der Waals surface area (Å²) in [5.74, 6) is 0. The van der Waals surface area contributed by atoms with Crippen LogP contribution in [0.25, 0.3) is 0 Å². The van der Waals surface area contributed by atoms with E-state index in [0.29, 0.717) is 6.54 Å². The zero-order chi connectivity index (χ0) is 12.4. The third kappa shape index (κ3) is 3.30. The van der Waals surface area contributed by atoms with Gasteiger partial charge in [0.25, 0.3) is 0 Å². The summed E-state index contributed by atoms with van der Waals surface area (Å²) in [5, 5.41) is 5.26. The third-order valence-electron chi connectivity index (χ3n) is 2.81. The summed E-state index contributed by atoms with van der Waals surface area (Å²) in [6.07, 6.45) is 1.28. The number of hydrogen-bond donors (Lipinski definition) is 1. The second kappa shape index (κ2) is 4.85. The van der Waals surface area contributed by atoms with E-state index in [1.54, 1.807) is 25.2 Å². The van der Waals surface area contributed by atoms with Gasteiger partial charge in [-0.25, -0.2) is 8.42 Å². The second-order valence-electron chi connectivity index (χ2n) is 4.66. The number of aryl methyl sites for hydroxylation is 1. The Balaban J connectivity index is 2.51. The molecule has 0 aromatic carbocycles. The highest BCUT2D eigenvalue weighted by atomic mass is 32.2. The van der Waals surface area contributed by atoms with Crippen molar-refractivity contribution < 1.29 is 8.42 Å². The lowest BCUT2D eigenvalue weighted by molar-refractivity contribution is 0.522. The first-order chi connectivity index (χ1) is 7.24. The zero-order valence-electron chi connectivity index (χ0n) is 10.2. The lowest BCUT2D eigenvalue weighted by atomic mass is 10.2. The largest absolute Gasteiger partial charge is 0.310 e. The van der Waals surface area contributed by atoms with Gasteiger partial charge in [0.15, 0.2) is 9.84 Å². The van der Waals surface area contributed by atoms with E-state index in [9.17, 15) is 8.42 Å². The molecule has 0 atom stereocenters. The van der Waals surface area contributed by atoms with Crippen LogP contribution in [0.5, 0.6) is 0 Å². The first kappa shape index (κ1) is 13.7. The van der Waals surface area contributed by atoms with Gasteiger partial charge >= 0.3 is 0 Å². The summed E-state index contributed by atoms with van der Waals surface area (Å²) in [6.45, 7) is 6.77. The molecule has 0 radical (unpaired) electrons. The van der Waals surface area contributed by atoms with Gasteiger partial charge in [0, 0.05) is 24.2 Å². The Morgan fingerprint density at radius 3 is 2.50 bits per heavy atom. The lowest BCUT2D eigenvalue weighted by Gasteiger charge is -2.22. The fourth-order valence-electron chi connectivity index (χ4n) is 1.19. The molecular formula is C11H19NO2S2. The van der Waals surface area contributed by atoms with Crippen LogP contribution in [0.15, 0.2) is 11.4 Å². The number of hydrogen-bond acceptors (Lipinski definition) is 4. The minimum absolute atomic E-state index is 0.475. The van der Waals surface area contributed by atoms with Gasteiger partial charge in [0.05, 0.1) is 4.75 Å². The Bertz CT molecular complexity index is 446. The molecule has 0 unspecified atom stereocenters. The quantitative estimate of drug-likeness (QED) is 0.881. The fraction of sp³-hybridized carbons (Fsp3) is 0.636. The van der Waals surface area contributed by atoms with Gasteiger partial charge in [-0.05, 0) is 37.8 Å². The van der Waals surface area contributed by atoms with E-state index in [-0.39, 0.29) is 0 Å². The fourth-order valence-corrected chi connectivity index (χ4v) is 2.43. The zero-order valence-corrected chi connectivity index (χ0v) is 11.8. The van der Waals surface area contributed by atoms with Crippen LogP contribution >= 0.6 is 11.3 Å². The molecule has 0 bridgehead atoms. The Morgan fingerprint density at radius 1 is 1.44 bits per heavy atom. The molecule has 0 spiro atoms. The first-order valence-corrected chi connectivity index (χ1v) is 7.94. The first-order valence-electron chi connectivity index (χ1n) is 5.17. The average molecular weight is 261 g/mol. The van der Waals surface area contributed by atoms with E-state index in [0.717, 1.165) is 6.54 Å². The summed E-state index contributed by atoms with van der Waals surface area (Å²) in [4.78, 5) is 1.27. The van der Waals surface area contributed by atoms with Crippen LogP contribution in [-0.2, 0) is 16.4 Å². The maximum atomic E-state index is 11.5. The van der Waals surface area contributed by atoms with Crippen molar-refractivity contribution in [1.82, 2.24) is 5.32 Å². The lowest BCUT2D eigenvalue weighted by Crippen LogP contribution is -2.41. The highest BCUT2D eigenvalue weighted by molar-refractivity contribution is 7.92.